The molecule has 0 radical (unpaired) electrons. The number of nitrogens with zero attached hydrogens (tertiary/aromatic N) is 3. The van der Waals surface area contributed by atoms with Crippen molar-refractivity contribution < 1.29 is 4.79 Å². The summed E-state index contributed by atoms with van der Waals surface area (Å²) in [5, 5.41) is 13.7. The van der Waals surface area contributed by atoms with Crippen LogP contribution in [0.4, 0.5) is 5.69 Å². The smallest absolute Gasteiger partial charge is 0.243 e. The van der Waals surface area contributed by atoms with Crippen molar-refractivity contribution in [2.45, 2.75) is 27.3 Å². The number of hydrogen-bond acceptors (Lipinski definition) is 3. The minimum Gasteiger partial charge on any atom is -0.357 e. The highest BCUT2D eigenvalue weighted by molar-refractivity contribution is 5.94. The predicted octanol–water partition coefficient (Wildman–Crippen LogP) is 3.18. The number of rotatable bonds is 7. The van der Waals surface area contributed by atoms with E-state index in [1.807, 2.05) is 80.1 Å². The molecular weight excluding hydrogens is 376 g/mol. The zero-order valence-corrected chi connectivity index (χ0v) is 17.6. The summed E-state index contributed by atoms with van der Waals surface area (Å²) >= 11 is 0. The Labute approximate surface area is 177 Å². The van der Waals surface area contributed by atoms with Gasteiger partial charge in [0.05, 0.1) is 24.5 Å². The zero-order chi connectivity index (χ0) is 21.3. The third-order valence-corrected chi connectivity index (χ3v) is 4.46. The Bertz CT molecular complexity index is 1010. The van der Waals surface area contributed by atoms with Crippen LogP contribution < -0.4 is 16.0 Å². The standard InChI is InChI=1S/C23H28N6O/c1-4-24-23(26-16-22(30)27-20-11-6-5-7-12-20)25-15-19-10-8-9-13-21(19)29-18(3)14-17(2)28-29/h5-14H,4,15-16H2,1-3H3,(H,27,30)(H2,24,25,26). The molecule has 30 heavy (non-hydrogen) atoms. The molecule has 0 atom stereocenters. The first-order valence-electron chi connectivity index (χ1n) is 10.1. The monoisotopic (exact) mass is 404 g/mol. The van der Waals surface area contributed by atoms with Gasteiger partial charge in [-0.15, -0.1) is 0 Å². The number of carbonyl (C=O) groups is 1. The lowest BCUT2D eigenvalue weighted by atomic mass is 10.2. The van der Waals surface area contributed by atoms with Crippen molar-refractivity contribution >= 4 is 17.6 Å². The van der Waals surface area contributed by atoms with Crippen LogP contribution in [0.25, 0.3) is 5.69 Å². The first-order chi connectivity index (χ1) is 14.6. The number of hydrogen-bond donors (Lipinski definition) is 3. The first kappa shape index (κ1) is 21.1. The molecular formula is C23H28N6O. The van der Waals surface area contributed by atoms with E-state index in [0.717, 1.165) is 28.3 Å². The molecule has 3 rings (SSSR count). The number of guanidine groups is 1. The third kappa shape index (κ3) is 5.70. The second-order valence-corrected chi connectivity index (χ2v) is 6.93. The fraction of sp³-hybridized carbons (Fsp3) is 0.261. The molecule has 1 aromatic heterocycles. The van der Waals surface area contributed by atoms with E-state index in [4.69, 9.17) is 0 Å². The van der Waals surface area contributed by atoms with Gasteiger partial charge < -0.3 is 16.0 Å². The lowest BCUT2D eigenvalue weighted by molar-refractivity contribution is -0.115. The van der Waals surface area contributed by atoms with Crippen molar-refractivity contribution in [2.24, 2.45) is 4.99 Å². The van der Waals surface area contributed by atoms with Gasteiger partial charge in [-0.25, -0.2) is 9.67 Å². The minimum absolute atomic E-state index is 0.125. The van der Waals surface area contributed by atoms with Crippen molar-refractivity contribution in [3.05, 3.63) is 77.6 Å². The second-order valence-electron chi connectivity index (χ2n) is 6.93. The average molecular weight is 405 g/mol. The van der Waals surface area contributed by atoms with Gasteiger partial charge in [0, 0.05) is 17.9 Å². The van der Waals surface area contributed by atoms with Gasteiger partial charge in [-0.3, -0.25) is 4.79 Å². The summed E-state index contributed by atoms with van der Waals surface area (Å²) in [6.45, 7) is 7.30. The van der Waals surface area contributed by atoms with Crippen molar-refractivity contribution in [3.8, 4) is 5.69 Å². The maximum atomic E-state index is 12.2. The molecule has 7 heteroatoms. The highest BCUT2D eigenvalue weighted by Gasteiger charge is 2.09. The quantitative estimate of drug-likeness (QED) is 0.417. The number of aryl methyl sites for hydroxylation is 2. The average Bonchev–Trinajstić information content (AvgIpc) is 3.09. The number of aromatic nitrogens is 2. The van der Waals surface area contributed by atoms with Gasteiger partial charge >= 0.3 is 0 Å². The SMILES string of the molecule is CCNC(=NCc1ccccc1-n1nc(C)cc1C)NCC(=O)Nc1ccccc1. The van der Waals surface area contributed by atoms with E-state index < -0.39 is 0 Å². The van der Waals surface area contributed by atoms with Crippen LogP contribution in [-0.2, 0) is 11.3 Å². The van der Waals surface area contributed by atoms with Crippen LogP contribution in [0.15, 0.2) is 65.7 Å². The summed E-state index contributed by atoms with van der Waals surface area (Å²) in [6.07, 6.45) is 0. The topological polar surface area (TPSA) is 83.3 Å². The molecule has 1 heterocycles. The molecule has 0 aliphatic carbocycles. The van der Waals surface area contributed by atoms with Gasteiger partial charge in [0.25, 0.3) is 0 Å². The van der Waals surface area contributed by atoms with Gasteiger partial charge in [0.15, 0.2) is 5.96 Å². The molecule has 0 bridgehead atoms. The van der Waals surface area contributed by atoms with E-state index in [-0.39, 0.29) is 12.5 Å². The lowest BCUT2D eigenvalue weighted by Crippen LogP contribution is -2.41. The molecule has 0 saturated heterocycles. The van der Waals surface area contributed by atoms with Gasteiger partial charge in [-0.1, -0.05) is 36.4 Å². The van der Waals surface area contributed by atoms with Crippen LogP contribution in [0.2, 0.25) is 0 Å². The largest absolute Gasteiger partial charge is 0.357 e. The number of anilines is 1. The molecule has 0 fully saturated rings. The summed E-state index contributed by atoms with van der Waals surface area (Å²) in [6, 6.07) is 19.5. The van der Waals surface area contributed by atoms with Gasteiger partial charge in [0.2, 0.25) is 5.91 Å². The van der Waals surface area contributed by atoms with Crippen molar-refractivity contribution in [1.29, 1.82) is 0 Å². The Morgan fingerprint density at radius 2 is 1.77 bits per heavy atom. The molecule has 3 aromatic rings. The van der Waals surface area contributed by atoms with Gasteiger partial charge in [0.1, 0.15) is 0 Å². The van der Waals surface area contributed by atoms with Crippen LogP contribution >= 0.6 is 0 Å². The van der Waals surface area contributed by atoms with E-state index in [1.165, 1.54) is 0 Å². The number of aliphatic imine (C=N–C) groups is 1. The predicted molar refractivity (Wildman–Crippen MR) is 121 cm³/mol. The van der Waals surface area contributed by atoms with Crippen molar-refractivity contribution in [2.75, 3.05) is 18.4 Å². The Kier molecular flexibility index (Phi) is 7.21. The number of amides is 1. The summed E-state index contributed by atoms with van der Waals surface area (Å²) in [4.78, 5) is 16.9. The van der Waals surface area contributed by atoms with Crippen LogP contribution in [0, 0.1) is 13.8 Å². The molecule has 2 aromatic carbocycles. The molecule has 0 aliphatic heterocycles. The fourth-order valence-corrected chi connectivity index (χ4v) is 3.12. The molecule has 0 unspecified atom stereocenters. The molecule has 0 saturated carbocycles. The zero-order valence-electron chi connectivity index (χ0n) is 17.6. The Balaban J connectivity index is 1.68. The molecule has 156 valence electrons. The Morgan fingerprint density at radius 3 is 2.47 bits per heavy atom. The van der Waals surface area contributed by atoms with Crippen LogP contribution in [-0.4, -0.2) is 34.7 Å². The Morgan fingerprint density at radius 1 is 1.03 bits per heavy atom. The van der Waals surface area contributed by atoms with E-state index >= 15 is 0 Å². The summed E-state index contributed by atoms with van der Waals surface area (Å²) in [5.41, 5.74) is 4.88. The van der Waals surface area contributed by atoms with E-state index in [9.17, 15) is 4.79 Å². The number of para-hydroxylation sites is 2. The number of benzene rings is 2. The maximum absolute atomic E-state index is 12.2. The van der Waals surface area contributed by atoms with Gasteiger partial charge in [-0.05, 0) is 50.6 Å². The normalized spacial score (nSPS) is 11.2. The molecule has 0 aliphatic rings. The molecule has 0 spiro atoms. The van der Waals surface area contributed by atoms with Crippen LogP contribution in [0.3, 0.4) is 0 Å². The first-order valence-corrected chi connectivity index (χ1v) is 10.1. The summed E-state index contributed by atoms with van der Waals surface area (Å²) < 4.78 is 1.94. The maximum Gasteiger partial charge on any atom is 0.243 e. The Hall–Kier alpha value is -3.61. The molecule has 1 amide bonds. The van der Waals surface area contributed by atoms with E-state index in [1.54, 1.807) is 0 Å². The van der Waals surface area contributed by atoms with Crippen LogP contribution in [0.5, 0.6) is 0 Å². The summed E-state index contributed by atoms with van der Waals surface area (Å²) in [7, 11) is 0. The van der Waals surface area contributed by atoms with E-state index in [2.05, 4.69) is 32.1 Å². The number of carbonyl (C=O) groups excluding carboxylic acids is 1. The highest BCUT2D eigenvalue weighted by Crippen LogP contribution is 2.17. The highest BCUT2D eigenvalue weighted by atomic mass is 16.1. The van der Waals surface area contributed by atoms with E-state index in [0.29, 0.717) is 19.0 Å². The fourth-order valence-electron chi connectivity index (χ4n) is 3.12. The van der Waals surface area contributed by atoms with Gasteiger partial charge in [-0.2, -0.15) is 5.10 Å². The van der Waals surface area contributed by atoms with Crippen molar-refractivity contribution in [3.63, 3.8) is 0 Å². The number of nitrogens with one attached hydrogen (secondary N) is 3. The van der Waals surface area contributed by atoms with Crippen molar-refractivity contribution in [1.82, 2.24) is 20.4 Å². The third-order valence-electron chi connectivity index (χ3n) is 4.46. The molecule has 3 N–H and O–H groups in total. The lowest BCUT2D eigenvalue weighted by Gasteiger charge is -2.13. The van der Waals surface area contributed by atoms with Crippen LogP contribution in [0.1, 0.15) is 23.9 Å². The summed E-state index contributed by atoms with van der Waals surface area (Å²) in [5.74, 6) is 0.457. The second kappa shape index (κ2) is 10.2. The minimum atomic E-state index is -0.130. The molecule has 7 nitrogen and oxygen atoms in total.